The van der Waals surface area contributed by atoms with Crippen LogP contribution in [0.5, 0.6) is 0 Å². The van der Waals surface area contributed by atoms with Crippen LogP contribution in [0.15, 0.2) is 24.4 Å². The second-order valence-electron chi connectivity index (χ2n) is 4.41. The van der Waals surface area contributed by atoms with Gasteiger partial charge in [0.2, 0.25) is 0 Å². The van der Waals surface area contributed by atoms with Gasteiger partial charge in [-0.2, -0.15) is 0 Å². The van der Waals surface area contributed by atoms with Crippen LogP contribution in [0, 0.1) is 6.92 Å². The first-order chi connectivity index (χ1) is 8.58. The summed E-state index contributed by atoms with van der Waals surface area (Å²) in [6.45, 7) is 10.3. The Labute approximate surface area is 109 Å². The van der Waals surface area contributed by atoms with Gasteiger partial charge < -0.3 is 11.1 Å². The highest BCUT2D eigenvalue weighted by Crippen LogP contribution is 2.28. The van der Waals surface area contributed by atoms with Crippen molar-refractivity contribution in [2.45, 2.75) is 40.7 Å². The number of nitrogen functional groups attached to an aromatic ring is 1. The molecule has 0 aliphatic carbocycles. The number of nitrogens with two attached hydrogens (primary N) is 1. The Bertz CT molecular complexity index is 513. The molecule has 1 aromatic heterocycles. The maximum atomic E-state index is 5.96. The van der Waals surface area contributed by atoms with Crippen LogP contribution in [0.4, 0.5) is 11.4 Å². The standard InChI is InChI=1S/C13H17N3.C2H6/c1-8(2)16-13-10-6-9(3)4-5-12(10)15-7-11(13)14;1-2/h4-8H,14H2,1-3H3,(H,15,16);1-2H3. The number of benzene rings is 1. The summed E-state index contributed by atoms with van der Waals surface area (Å²) >= 11 is 0. The van der Waals surface area contributed by atoms with E-state index in [4.69, 9.17) is 5.73 Å². The zero-order valence-corrected chi connectivity index (χ0v) is 11.9. The Balaban J connectivity index is 0.000000771. The number of fused-ring (bicyclic) bond motifs is 1. The number of aryl methyl sites for hydroxylation is 1. The number of aromatic nitrogens is 1. The van der Waals surface area contributed by atoms with Gasteiger partial charge in [0, 0.05) is 11.4 Å². The van der Waals surface area contributed by atoms with Gasteiger partial charge in [-0.3, -0.25) is 4.98 Å². The predicted molar refractivity (Wildman–Crippen MR) is 81.0 cm³/mol. The third-order valence-electron chi connectivity index (χ3n) is 2.49. The van der Waals surface area contributed by atoms with Crippen molar-refractivity contribution in [2.24, 2.45) is 0 Å². The molecule has 0 fully saturated rings. The molecule has 3 nitrogen and oxygen atoms in total. The maximum Gasteiger partial charge on any atom is 0.0743 e. The summed E-state index contributed by atoms with van der Waals surface area (Å²) < 4.78 is 0. The van der Waals surface area contributed by atoms with E-state index in [0.717, 1.165) is 16.6 Å². The van der Waals surface area contributed by atoms with E-state index in [9.17, 15) is 0 Å². The van der Waals surface area contributed by atoms with E-state index in [-0.39, 0.29) is 0 Å². The summed E-state index contributed by atoms with van der Waals surface area (Å²) in [7, 11) is 0. The van der Waals surface area contributed by atoms with Crippen molar-refractivity contribution in [1.29, 1.82) is 0 Å². The minimum atomic E-state index is 0.355. The van der Waals surface area contributed by atoms with Crippen molar-refractivity contribution in [1.82, 2.24) is 4.98 Å². The molecule has 18 heavy (non-hydrogen) atoms. The van der Waals surface area contributed by atoms with E-state index in [1.165, 1.54) is 5.56 Å². The fourth-order valence-corrected chi connectivity index (χ4v) is 1.77. The number of hydrogen-bond acceptors (Lipinski definition) is 3. The first kappa shape index (κ1) is 14.3. The molecule has 1 aromatic carbocycles. The van der Waals surface area contributed by atoms with Crippen LogP contribution >= 0.6 is 0 Å². The molecule has 98 valence electrons. The van der Waals surface area contributed by atoms with Crippen LogP contribution in [-0.2, 0) is 0 Å². The monoisotopic (exact) mass is 245 g/mol. The average molecular weight is 245 g/mol. The van der Waals surface area contributed by atoms with Crippen molar-refractivity contribution in [3.8, 4) is 0 Å². The SMILES string of the molecule is CC.Cc1ccc2ncc(N)c(NC(C)C)c2c1. The van der Waals surface area contributed by atoms with Gasteiger partial charge in [-0.05, 0) is 32.9 Å². The van der Waals surface area contributed by atoms with E-state index in [0.29, 0.717) is 11.7 Å². The molecule has 0 saturated carbocycles. The Hall–Kier alpha value is -1.77. The Morgan fingerprint density at radius 2 is 1.89 bits per heavy atom. The van der Waals surface area contributed by atoms with Crippen molar-refractivity contribution in [3.05, 3.63) is 30.0 Å². The van der Waals surface area contributed by atoms with Crippen LogP contribution in [0.25, 0.3) is 10.9 Å². The molecule has 0 radical (unpaired) electrons. The second-order valence-corrected chi connectivity index (χ2v) is 4.41. The van der Waals surface area contributed by atoms with E-state index in [2.05, 4.69) is 43.2 Å². The van der Waals surface area contributed by atoms with Crippen LogP contribution in [-0.4, -0.2) is 11.0 Å². The number of anilines is 2. The zero-order valence-electron chi connectivity index (χ0n) is 11.9. The largest absolute Gasteiger partial charge is 0.396 e. The van der Waals surface area contributed by atoms with Gasteiger partial charge in [0.25, 0.3) is 0 Å². The molecular formula is C15H23N3. The van der Waals surface area contributed by atoms with Gasteiger partial charge in [-0.15, -0.1) is 0 Å². The molecule has 3 heteroatoms. The van der Waals surface area contributed by atoms with Crippen LogP contribution in [0.3, 0.4) is 0 Å². The highest BCUT2D eigenvalue weighted by Gasteiger charge is 2.07. The van der Waals surface area contributed by atoms with Gasteiger partial charge in [-0.25, -0.2) is 0 Å². The maximum absolute atomic E-state index is 5.96. The number of rotatable bonds is 2. The number of pyridine rings is 1. The van der Waals surface area contributed by atoms with Crippen molar-refractivity contribution in [2.75, 3.05) is 11.1 Å². The number of nitrogens with one attached hydrogen (secondary N) is 1. The molecule has 0 saturated heterocycles. The molecule has 0 bridgehead atoms. The summed E-state index contributed by atoms with van der Waals surface area (Å²) in [4.78, 5) is 4.32. The molecule has 2 aromatic rings. The lowest BCUT2D eigenvalue weighted by Crippen LogP contribution is -2.12. The molecule has 2 rings (SSSR count). The summed E-state index contributed by atoms with van der Waals surface area (Å²) in [6, 6.07) is 6.55. The first-order valence-corrected chi connectivity index (χ1v) is 6.49. The highest BCUT2D eigenvalue weighted by molar-refractivity contribution is 5.97. The quantitative estimate of drug-likeness (QED) is 0.841. The van der Waals surface area contributed by atoms with E-state index >= 15 is 0 Å². The lowest BCUT2D eigenvalue weighted by atomic mass is 10.1. The Kier molecular flexibility index (Phi) is 4.95. The average Bonchev–Trinajstić information content (AvgIpc) is 2.35. The number of hydrogen-bond donors (Lipinski definition) is 2. The lowest BCUT2D eigenvalue weighted by Gasteiger charge is -2.15. The van der Waals surface area contributed by atoms with Crippen molar-refractivity contribution >= 4 is 22.3 Å². The highest BCUT2D eigenvalue weighted by atomic mass is 14.9. The van der Waals surface area contributed by atoms with Crippen LogP contribution < -0.4 is 11.1 Å². The van der Waals surface area contributed by atoms with Gasteiger partial charge in [0.1, 0.15) is 0 Å². The third-order valence-corrected chi connectivity index (χ3v) is 2.49. The normalized spacial score (nSPS) is 10.1. The molecule has 0 aliphatic heterocycles. The topological polar surface area (TPSA) is 50.9 Å². The molecule has 0 amide bonds. The van der Waals surface area contributed by atoms with Gasteiger partial charge in [-0.1, -0.05) is 25.5 Å². The fraction of sp³-hybridized carbons (Fsp3) is 0.400. The number of nitrogens with zero attached hydrogens (tertiary/aromatic N) is 1. The molecule has 0 aliphatic rings. The van der Waals surface area contributed by atoms with Gasteiger partial charge in [0.15, 0.2) is 0 Å². The van der Waals surface area contributed by atoms with Crippen LogP contribution in [0.2, 0.25) is 0 Å². The van der Waals surface area contributed by atoms with E-state index < -0.39 is 0 Å². The van der Waals surface area contributed by atoms with Crippen molar-refractivity contribution in [3.63, 3.8) is 0 Å². The van der Waals surface area contributed by atoms with E-state index in [1.54, 1.807) is 6.20 Å². The Morgan fingerprint density at radius 3 is 2.50 bits per heavy atom. The molecule has 0 unspecified atom stereocenters. The molecule has 3 N–H and O–H groups in total. The van der Waals surface area contributed by atoms with Gasteiger partial charge >= 0.3 is 0 Å². The molecule has 1 heterocycles. The van der Waals surface area contributed by atoms with Crippen molar-refractivity contribution < 1.29 is 0 Å². The predicted octanol–water partition coefficient (Wildman–Crippen LogP) is 3.97. The van der Waals surface area contributed by atoms with Crippen LogP contribution in [0.1, 0.15) is 33.3 Å². The minimum absolute atomic E-state index is 0.355. The third kappa shape index (κ3) is 3.13. The summed E-state index contributed by atoms with van der Waals surface area (Å²) in [6.07, 6.45) is 1.71. The second kappa shape index (κ2) is 6.24. The fourth-order valence-electron chi connectivity index (χ4n) is 1.77. The summed E-state index contributed by atoms with van der Waals surface area (Å²) in [5, 5.41) is 4.47. The summed E-state index contributed by atoms with van der Waals surface area (Å²) in [5.41, 5.74) is 9.84. The molecular weight excluding hydrogens is 222 g/mol. The minimum Gasteiger partial charge on any atom is -0.396 e. The Morgan fingerprint density at radius 1 is 1.22 bits per heavy atom. The first-order valence-electron chi connectivity index (χ1n) is 6.49. The summed E-state index contributed by atoms with van der Waals surface area (Å²) in [5.74, 6) is 0. The lowest BCUT2D eigenvalue weighted by molar-refractivity contribution is 0.902. The van der Waals surface area contributed by atoms with E-state index in [1.807, 2.05) is 19.9 Å². The zero-order chi connectivity index (χ0) is 13.7. The van der Waals surface area contributed by atoms with Gasteiger partial charge in [0.05, 0.1) is 23.1 Å². The molecule has 0 spiro atoms. The molecule has 0 atom stereocenters. The smallest absolute Gasteiger partial charge is 0.0743 e.